The molecule has 2 aliphatic rings. The summed E-state index contributed by atoms with van der Waals surface area (Å²) < 4.78 is 6.30. The van der Waals surface area contributed by atoms with Gasteiger partial charge in [0.25, 0.3) is 0 Å². The fourth-order valence-corrected chi connectivity index (χ4v) is 2.60. The van der Waals surface area contributed by atoms with E-state index >= 15 is 0 Å². The minimum absolute atomic E-state index is 0.167. The van der Waals surface area contributed by atoms with Gasteiger partial charge in [-0.2, -0.15) is 10.1 Å². The van der Waals surface area contributed by atoms with Crippen molar-refractivity contribution in [3.05, 3.63) is 18.5 Å². The largest absolute Gasteiger partial charge is 0.466 e. The highest BCUT2D eigenvalue weighted by Gasteiger charge is 2.44. The van der Waals surface area contributed by atoms with Crippen LogP contribution in [0, 0.1) is 5.92 Å². The molecule has 0 saturated heterocycles. The van der Waals surface area contributed by atoms with Crippen molar-refractivity contribution in [3.8, 4) is 0 Å². The first kappa shape index (κ1) is 14.5. The molecule has 1 atom stereocenters. The molecular formula is C13H17N5O4. The number of rotatable bonds is 3. The fraction of sp³-hybridized carbons (Fsp3) is 0.538. The smallest absolute Gasteiger partial charge is 0.328 e. The summed E-state index contributed by atoms with van der Waals surface area (Å²) in [6.07, 6.45) is 2.80. The lowest BCUT2D eigenvalue weighted by atomic mass is 9.79. The van der Waals surface area contributed by atoms with Crippen molar-refractivity contribution in [2.45, 2.75) is 32.2 Å². The van der Waals surface area contributed by atoms with Crippen LogP contribution >= 0.6 is 0 Å². The van der Waals surface area contributed by atoms with E-state index in [1.165, 1.54) is 9.58 Å². The second kappa shape index (κ2) is 5.76. The minimum atomic E-state index is -1.29. The summed E-state index contributed by atoms with van der Waals surface area (Å²) in [7, 11) is 0. The normalized spacial score (nSPS) is 27.7. The van der Waals surface area contributed by atoms with Gasteiger partial charge in [0.1, 0.15) is 0 Å². The van der Waals surface area contributed by atoms with Crippen LogP contribution in [0.2, 0.25) is 0 Å². The van der Waals surface area contributed by atoms with Crippen LogP contribution in [0.25, 0.3) is 0 Å². The van der Waals surface area contributed by atoms with Gasteiger partial charge in [-0.05, 0) is 25.8 Å². The van der Waals surface area contributed by atoms with Crippen molar-refractivity contribution in [1.82, 2.24) is 20.0 Å². The summed E-state index contributed by atoms with van der Waals surface area (Å²) in [5.74, 6) is -0.312. The summed E-state index contributed by atoms with van der Waals surface area (Å²) in [5, 5.41) is 16.6. The fourth-order valence-electron chi connectivity index (χ4n) is 2.60. The molecule has 9 heteroatoms. The zero-order valence-electron chi connectivity index (χ0n) is 12.0. The van der Waals surface area contributed by atoms with Gasteiger partial charge in [0.2, 0.25) is 12.3 Å². The molecule has 1 fully saturated rings. The number of aliphatic hydroxyl groups is 1. The molecule has 1 aliphatic heterocycles. The van der Waals surface area contributed by atoms with Crippen molar-refractivity contribution in [2.75, 3.05) is 6.61 Å². The molecule has 9 nitrogen and oxygen atoms in total. The SMILES string of the molecule is CCOC(=O)C1CC(N2C(=O)NC(n3cccn3)=NC2O)C1. The van der Waals surface area contributed by atoms with Crippen molar-refractivity contribution < 1.29 is 19.4 Å². The van der Waals surface area contributed by atoms with Crippen molar-refractivity contribution in [2.24, 2.45) is 10.9 Å². The van der Waals surface area contributed by atoms with Crippen LogP contribution in [-0.2, 0) is 9.53 Å². The third-order valence-corrected chi connectivity index (χ3v) is 3.79. The zero-order chi connectivity index (χ0) is 15.7. The molecular weight excluding hydrogens is 290 g/mol. The maximum atomic E-state index is 12.2. The Bertz CT molecular complexity index is 594. The van der Waals surface area contributed by atoms with Gasteiger partial charge in [0, 0.05) is 18.4 Å². The van der Waals surface area contributed by atoms with Gasteiger partial charge in [-0.3, -0.25) is 15.0 Å². The first-order valence-electron chi connectivity index (χ1n) is 7.12. The van der Waals surface area contributed by atoms with E-state index in [1.54, 1.807) is 25.4 Å². The number of hydrogen-bond donors (Lipinski definition) is 2. The number of urea groups is 1. The van der Waals surface area contributed by atoms with Crippen molar-refractivity contribution >= 4 is 18.0 Å². The Morgan fingerprint density at radius 2 is 2.32 bits per heavy atom. The standard InChI is InChI=1S/C13H17N5O4/c1-2-22-10(19)8-6-9(7-8)18-12(20)15-11(16-13(18)21)17-5-3-4-14-17/h3-5,8-9,12,20H,2,6-7H2,1H3,(H,15,16,21). The van der Waals surface area contributed by atoms with Gasteiger partial charge in [0.15, 0.2) is 0 Å². The second-order valence-electron chi connectivity index (χ2n) is 5.16. The van der Waals surface area contributed by atoms with Gasteiger partial charge in [-0.15, -0.1) is 0 Å². The molecule has 118 valence electrons. The maximum absolute atomic E-state index is 12.2. The van der Waals surface area contributed by atoms with Crippen LogP contribution in [0.5, 0.6) is 0 Å². The Balaban J connectivity index is 1.65. The Labute approximate surface area is 126 Å². The van der Waals surface area contributed by atoms with E-state index in [2.05, 4.69) is 15.4 Å². The van der Waals surface area contributed by atoms with Gasteiger partial charge in [-0.1, -0.05) is 0 Å². The third kappa shape index (κ3) is 2.54. The number of ether oxygens (including phenoxy) is 1. The number of hydrogen-bond acceptors (Lipinski definition) is 6. The molecule has 2 amide bonds. The maximum Gasteiger partial charge on any atom is 0.328 e. The molecule has 0 bridgehead atoms. The first-order chi connectivity index (χ1) is 10.6. The van der Waals surface area contributed by atoms with Gasteiger partial charge < -0.3 is 9.84 Å². The number of aliphatic hydroxyl groups excluding tert-OH is 1. The Kier molecular flexibility index (Phi) is 3.80. The van der Waals surface area contributed by atoms with Gasteiger partial charge in [0.05, 0.1) is 12.5 Å². The lowest BCUT2D eigenvalue weighted by Gasteiger charge is -2.43. The van der Waals surface area contributed by atoms with E-state index in [-0.39, 0.29) is 23.9 Å². The molecule has 3 rings (SSSR count). The molecule has 0 spiro atoms. The molecule has 1 aromatic heterocycles. The molecule has 1 aromatic rings. The number of nitrogens with one attached hydrogen (secondary N) is 1. The summed E-state index contributed by atoms with van der Waals surface area (Å²) in [4.78, 5) is 29.0. The predicted molar refractivity (Wildman–Crippen MR) is 74.6 cm³/mol. The Hall–Kier alpha value is -2.42. The monoisotopic (exact) mass is 307 g/mol. The first-order valence-corrected chi connectivity index (χ1v) is 7.12. The molecule has 0 radical (unpaired) electrons. The van der Waals surface area contributed by atoms with Crippen LogP contribution < -0.4 is 5.32 Å². The van der Waals surface area contributed by atoms with Gasteiger partial charge in [-0.25, -0.2) is 9.48 Å². The second-order valence-corrected chi connectivity index (χ2v) is 5.16. The molecule has 1 saturated carbocycles. The molecule has 1 unspecified atom stereocenters. The van der Waals surface area contributed by atoms with E-state index in [1.807, 2.05) is 0 Å². The summed E-state index contributed by atoms with van der Waals surface area (Å²) in [5.41, 5.74) is 0. The average Bonchev–Trinajstić information content (AvgIpc) is 2.94. The highest BCUT2D eigenvalue weighted by molar-refractivity contribution is 5.98. The quantitative estimate of drug-likeness (QED) is 0.747. The summed E-state index contributed by atoms with van der Waals surface area (Å²) in [6.45, 7) is 2.09. The molecule has 2 N–H and O–H groups in total. The molecule has 1 aliphatic carbocycles. The van der Waals surface area contributed by atoms with E-state index in [0.29, 0.717) is 19.4 Å². The van der Waals surface area contributed by atoms with Crippen LogP contribution in [0.4, 0.5) is 4.79 Å². The van der Waals surface area contributed by atoms with Crippen LogP contribution in [0.1, 0.15) is 19.8 Å². The molecule has 2 heterocycles. The Morgan fingerprint density at radius 1 is 1.55 bits per heavy atom. The predicted octanol–water partition coefficient (Wildman–Crippen LogP) is -0.270. The third-order valence-electron chi connectivity index (χ3n) is 3.79. The number of carbonyl (C=O) groups excluding carboxylic acids is 2. The highest BCUT2D eigenvalue weighted by atomic mass is 16.5. The molecule has 0 aromatic carbocycles. The molecule has 22 heavy (non-hydrogen) atoms. The van der Waals surface area contributed by atoms with Crippen molar-refractivity contribution in [1.29, 1.82) is 0 Å². The highest BCUT2D eigenvalue weighted by Crippen LogP contribution is 2.34. The van der Waals surface area contributed by atoms with Crippen molar-refractivity contribution in [3.63, 3.8) is 0 Å². The zero-order valence-corrected chi connectivity index (χ0v) is 12.0. The summed E-state index contributed by atoms with van der Waals surface area (Å²) in [6, 6.07) is 0.996. The van der Waals surface area contributed by atoms with Crippen LogP contribution in [0.15, 0.2) is 23.5 Å². The average molecular weight is 307 g/mol. The lowest BCUT2D eigenvalue weighted by molar-refractivity contribution is -0.154. The van der Waals surface area contributed by atoms with Gasteiger partial charge >= 0.3 is 12.0 Å². The number of amides is 2. The number of aliphatic imine (C=N–C) groups is 1. The number of esters is 1. The van der Waals surface area contributed by atoms with Crippen LogP contribution in [-0.4, -0.2) is 56.7 Å². The van der Waals surface area contributed by atoms with E-state index in [4.69, 9.17) is 4.74 Å². The lowest BCUT2D eigenvalue weighted by Crippen LogP contribution is -2.61. The van der Waals surface area contributed by atoms with E-state index in [9.17, 15) is 14.7 Å². The van der Waals surface area contributed by atoms with E-state index in [0.717, 1.165) is 0 Å². The number of nitrogens with zero attached hydrogens (tertiary/aromatic N) is 4. The van der Waals surface area contributed by atoms with Crippen LogP contribution in [0.3, 0.4) is 0 Å². The minimum Gasteiger partial charge on any atom is -0.466 e. The van der Waals surface area contributed by atoms with E-state index < -0.39 is 12.4 Å². The number of aromatic nitrogens is 2. The summed E-state index contributed by atoms with van der Waals surface area (Å²) >= 11 is 0. The number of carbonyl (C=O) groups is 2. The topological polar surface area (TPSA) is 109 Å². The Morgan fingerprint density at radius 3 is 2.91 bits per heavy atom.